The number of phenolic OH excluding ortho intramolecular Hbond substituents is 2. The molecule has 0 atom stereocenters. The summed E-state index contributed by atoms with van der Waals surface area (Å²) in [5.74, 6) is 0.0401. The third-order valence-electron chi connectivity index (χ3n) is 4.60. The molecule has 1 fully saturated rings. The Morgan fingerprint density at radius 2 is 1.72 bits per heavy atom. The van der Waals surface area contributed by atoms with Crippen LogP contribution in [0.25, 0.3) is 0 Å². The van der Waals surface area contributed by atoms with Crippen LogP contribution in [0.15, 0.2) is 12.1 Å². The molecule has 1 aromatic carbocycles. The molecular formula is C15H21NO2. The molecule has 3 heteroatoms. The number of benzene rings is 1. The average molecular weight is 247 g/mol. The van der Waals surface area contributed by atoms with Gasteiger partial charge in [0.1, 0.15) is 0 Å². The van der Waals surface area contributed by atoms with Crippen LogP contribution in [0.2, 0.25) is 0 Å². The molecule has 0 bridgehead atoms. The summed E-state index contributed by atoms with van der Waals surface area (Å²) >= 11 is 0. The van der Waals surface area contributed by atoms with Gasteiger partial charge in [0.2, 0.25) is 0 Å². The van der Waals surface area contributed by atoms with Crippen LogP contribution in [0.4, 0.5) is 0 Å². The number of hydrogen-bond acceptors (Lipinski definition) is 3. The molecule has 0 radical (unpaired) electrons. The summed E-state index contributed by atoms with van der Waals surface area (Å²) in [5, 5.41) is 19.5. The van der Waals surface area contributed by atoms with Crippen molar-refractivity contribution in [3.8, 4) is 11.5 Å². The quantitative estimate of drug-likeness (QED) is 0.693. The number of fused-ring (bicyclic) bond motifs is 2. The Balaban J connectivity index is 2.11. The van der Waals surface area contributed by atoms with Crippen molar-refractivity contribution in [2.45, 2.75) is 44.1 Å². The van der Waals surface area contributed by atoms with Crippen LogP contribution in [0, 0.1) is 0 Å². The van der Waals surface area contributed by atoms with E-state index in [1.165, 1.54) is 43.2 Å². The van der Waals surface area contributed by atoms with E-state index in [9.17, 15) is 10.2 Å². The van der Waals surface area contributed by atoms with E-state index in [2.05, 4.69) is 11.9 Å². The molecule has 0 saturated heterocycles. The Morgan fingerprint density at radius 1 is 1.06 bits per heavy atom. The molecule has 0 amide bonds. The molecular weight excluding hydrogens is 226 g/mol. The van der Waals surface area contributed by atoms with E-state index in [4.69, 9.17) is 0 Å². The van der Waals surface area contributed by atoms with Crippen molar-refractivity contribution in [1.29, 1.82) is 0 Å². The summed E-state index contributed by atoms with van der Waals surface area (Å²) in [4.78, 5) is 2.34. The van der Waals surface area contributed by atoms with Gasteiger partial charge in [-0.3, -0.25) is 0 Å². The molecule has 1 aliphatic carbocycles. The lowest BCUT2D eigenvalue weighted by Gasteiger charge is -2.45. The second-order valence-electron chi connectivity index (χ2n) is 6.01. The van der Waals surface area contributed by atoms with Crippen molar-refractivity contribution < 1.29 is 10.2 Å². The van der Waals surface area contributed by atoms with Crippen LogP contribution in [-0.2, 0) is 12.0 Å². The molecule has 1 heterocycles. The first kappa shape index (κ1) is 11.8. The van der Waals surface area contributed by atoms with Gasteiger partial charge in [-0.2, -0.15) is 0 Å². The molecule has 3 nitrogen and oxygen atoms in total. The Morgan fingerprint density at radius 3 is 2.44 bits per heavy atom. The fraction of sp³-hybridized carbons (Fsp3) is 0.600. The molecule has 0 unspecified atom stereocenters. The topological polar surface area (TPSA) is 43.7 Å². The zero-order valence-electron chi connectivity index (χ0n) is 10.9. The van der Waals surface area contributed by atoms with Gasteiger partial charge >= 0.3 is 0 Å². The van der Waals surface area contributed by atoms with Gasteiger partial charge in [-0.1, -0.05) is 19.3 Å². The van der Waals surface area contributed by atoms with Crippen molar-refractivity contribution >= 4 is 0 Å². The second-order valence-corrected chi connectivity index (χ2v) is 6.01. The van der Waals surface area contributed by atoms with Crippen LogP contribution < -0.4 is 0 Å². The lowest BCUT2D eigenvalue weighted by molar-refractivity contribution is 0.166. The first-order chi connectivity index (χ1) is 8.61. The van der Waals surface area contributed by atoms with Gasteiger partial charge in [-0.15, -0.1) is 0 Å². The molecule has 1 aliphatic heterocycles. The van der Waals surface area contributed by atoms with E-state index >= 15 is 0 Å². The number of nitrogens with zero attached hydrogens (tertiary/aromatic N) is 1. The van der Waals surface area contributed by atoms with Crippen molar-refractivity contribution in [2.24, 2.45) is 0 Å². The van der Waals surface area contributed by atoms with Crippen LogP contribution in [0.3, 0.4) is 0 Å². The largest absolute Gasteiger partial charge is 0.504 e. The molecule has 3 rings (SSSR count). The van der Waals surface area contributed by atoms with Crippen LogP contribution in [0.5, 0.6) is 11.5 Å². The molecule has 2 aliphatic rings. The number of rotatable bonds is 0. The minimum Gasteiger partial charge on any atom is -0.504 e. The van der Waals surface area contributed by atoms with Gasteiger partial charge in [0, 0.05) is 18.5 Å². The van der Waals surface area contributed by atoms with Crippen LogP contribution in [-0.4, -0.2) is 28.7 Å². The van der Waals surface area contributed by atoms with Crippen molar-refractivity contribution in [3.05, 3.63) is 23.3 Å². The highest BCUT2D eigenvalue weighted by Crippen LogP contribution is 2.46. The predicted molar refractivity (Wildman–Crippen MR) is 70.9 cm³/mol. The van der Waals surface area contributed by atoms with Crippen LogP contribution in [0.1, 0.15) is 43.2 Å². The second kappa shape index (κ2) is 4.16. The van der Waals surface area contributed by atoms with Gasteiger partial charge in [-0.05, 0) is 43.1 Å². The molecule has 98 valence electrons. The predicted octanol–water partition coefficient (Wildman–Crippen LogP) is 2.75. The van der Waals surface area contributed by atoms with Gasteiger partial charge in [0.05, 0.1) is 0 Å². The van der Waals surface area contributed by atoms with Crippen LogP contribution >= 0.6 is 0 Å². The first-order valence-corrected chi connectivity index (χ1v) is 6.85. The number of phenols is 2. The highest BCUT2D eigenvalue weighted by molar-refractivity contribution is 5.49. The maximum atomic E-state index is 9.79. The average Bonchev–Trinajstić information content (AvgIpc) is 2.33. The maximum Gasteiger partial charge on any atom is 0.157 e. The summed E-state index contributed by atoms with van der Waals surface area (Å²) in [6.45, 7) is 1.94. The number of aromatic hydroxyl groups is 2. The third-order valence-corrected chi connectivity index (χ3v) is 4.60. The molecule has 0 aromatic heterocycles. The molecule has 1 aromatic rings. The van der Waals surface area contributed by atoms with Gasteiger partial charge in [0.15, 0.2) is 11.5 Å². The highest BCUT2D eigenvalue weighted by atomic mass is 16.3. The van der Waals surface area contributed by atoms with E-state index in [1.807, 2.05) is 6.07 Å². The number of likely N-dealkylation sites (N-methyl/N-ethyl adjacent to an activating group) is 1. The normalized spacial score (nSPS) is 22.9. The Hall–Kier alpha value is -1.22. The summed E-state index contributed by atoms with van der Waals surface area (Å²) in [6.07, 6.45) is 6.28. The first-order valence-electron chi connectivity index (χ1n) is 6.85. The molecule has 18 heavy (non-hydrogen) atoms. The molecule has 2 N–H and O–H groups in total. The fourth-order valence-corrected chi connectivity index (χ4v) is 3.85. The summed E-state index contributed by atoms with van der Waals surface area (Å²) in [5.41, 5.74) is 2.66. The zero-order valence-corrected chi connectivity index (χ0v) is 10.9. The fourth-order valence-electron chi connectivity index (χ4n) is 3.85. The zero-order chi connectivity index (χ0) is 12.8. The van der Waals surface area contributed by atoms with Crippen molar-refractivity contribution in [2.75, 3.05) is 13.6 Å². The number of hydrogen-bond donors (Lipinski definition) is 2. The minimum atomic E-state index is 0.00927. The Labute approximate surface area is 108 Å². The lowest BCUT2D eigenvalue weighted by atomic mass is 9.66. The van der Waals surface area contributed by atoms with E-state index in [-0.39, 0.29) is 16.9 Å². The molecule has 1 saturated carbocycles. The highest BCUT2D eigenvalue weighted by Gasteiger charge is 2.39. The monoisotopic (exact) mass is 247 g/mol. The van der Waals surface area contributed by atoms with Crippen molar-refractivity contribution in [1.82, 2.24) is 4.90 Å². The smallest absolute Gasteiger partial charge is 0.157 e. The van der Waals surface area contributed by atoms with E-state index in [1.54, 1.807) is 6.07 Å². The summed E-state index contributed by atoms with van der Waals surface area (Å²) in [6, 6.07) is 3.56. The van der Waals surface area contributed by atoms with Crippen molar-refractivity contribution in [3.63, 3.8) is 0 Å². The van der Waals surface area contributed by atoms with Gasteiger partial charge in [0.25, 0.3) is 0 Å². The Bertz CT molecular complexity index is 464. The summed E-state index contributed by atoms with van der Waals surface area (Å²) < 4.78 is 0. The van der Waals surface area contributed by atoms with E-state index < -0.39 is 0 Å². The Kier molecular flexibility index (Phi) is 2.74. The summed E-state index contributed by atoms with van der Waals surface area (Å²) in [7, 11) is 2.14. The standard InChI is InChI=1S/C15H21NO2/c1-16-9-11-7-13(17)14(18)8-12(11)15(10-16)5-3-2-4-6-15/h7-8,17-18H,2-6,9-10H2,1H3. The van der Waals surface area contributed by atoms with Gasteiger partial charge < -0.3 is 15.1 Å². The lowest BCUT2D eigenvalue weighted by Crippen LogP contribution is -2.45. The minimum absolute atomic E-state index is 0.00927. The van der Waals surface area contributed by atoms with E-state index in [0.29, 0.717) is 0 Å². The van der Waals surface area contributed by atoms with E-state index in [0.717, 1.165) is 13.1 Å². The SMILES string of the molecule is CN1Cc2cc(O)c(O)cc2C2(CCCCC2)C1. The third kappa shape index (κ3) is 1.77. The maximum absolute atomic E-state index is 9.79. The molecule has 1 spiro atoms. The van der Waals surface area contributed by atoms with Gasteiger partial charge in [-0.25, -0.2) is 0 Å².